The van der Waals surface area contributed by atoms with E-state index in [1.54, 1.807) is 5.56 Å². The van der Waals surface area contributed by atoms with Crippen molar-refractivity contribution in [2.45, 2.75) is 62.9 Å². The van der Waals surface area contributed by atoms with Crippen LogP contribution in [0.2, 0.25) is 0 Å². The Balaban J connectivity index is 1.74. The summed E-state index contributed by atoms with van der Waals surface area (Å²) in [7, 11) is 2.35. The number of anilines is 1. The van der Waals surface area contributed by atoms with E-state index in [2.05, 4.69) is 48.0 Å². The van der Waals surface area contributed by atoms with Gasteiger partial charge in [-0.3, -0.25) is 4.90 Å². The van der Waals surface area contributed by atoms with Gasteiger partial charge >= 0.3 is 0 Å². The quantitative estimate of drug-likeness (QED) is 0.778. The number of para-hydroxylation sites is 1. The van der Waals surface area contributed by atoms with Gasteiger partial charge in [0.25, 0.3) is 0 Å². The van der Waals surface area contributed by atoms with Crippen LogP contribution in [-0.2, 0) is 5.41 Å². The van der Waals surface area contributed by atoms with Crippen molar-refractivity contribution in [2.24, 2.45) is 5.41 Å². The number of benzene rings is 1. The average Bonchev–Trinajstić information content (AvgIpc) is 3.08. The fourth-order valence-electron chi connectivity index (χ4n) is 7.05. The van der Waals surface area contributed by atoms with Gasteiger partial charge in [0.15, 0.2) is 0 Å². The van der Waals surface area contributed by atoms with E-state index in [9.17, 15) is 0 Å². The van der Waals surface area contributed by atoms with Gasteiger partial charge in [0.05, 0.1) is 0 Å². The Hall–Kier alpha value is -1.02. The molecule has 3 heterocycles. The molecule has 4 aliphatic rings. The highest BCUT2D eigenvalue weighted by molar-refractivity contribution is 5.66. The predicted molar refractivity (Wildman–Crippen MR) is 91.5 cm³/mol. The van der Waals surface area contributed by atoms with Crippen molar-refractivity contribution in [1.29, 1.82) is 0 Å². The Morgan fingerprint density at radius 1 is 1.14 bits per heavy atom. The van der Waals surface area contributed by atoms with Crippen molar-refractivity contribution in [3.05, 3.63) is 29.8 Å². The van der Waals surface area contributed by atoms with Gasteiger partial charge in [0.2, 0.25) is 0 Å². The molecule has 1 aromatic carbocycles. The molecule has 0 bridgehead atoms. The Bertz CT molecular complexity index is 611. The van der Waals surface area contributed by atoms with Crippen LogP contribution >= 0.6 is 0 Å². The lowest BCUT2D eigenvalue weighted by Crippen LogP contribution is -2.64. The second-order valence-electron chi connectivity index (χ2n) is 8.23. The minimum absolute atomic E-state index is 0.417. The summed E-state index contributed by atoms with van der Waals surface area (Å²) in [4.78, 5) is 5.52. The molecule has 3 fully saturated rings. The van der Waals surface area contributed by atoms with Crippen molar-refractivity contribution >= 4 is 5.69 Å². The Morgan fingerprint density at radius 2 is 2.00 bits per heavy atom. The van der Waals surface area contributed by atoms with Crippen LogP contribution in [0.4, 0.5) is 5.69 Å². The van der Waals surface area contributed by atoms with E-state index < -0.39 is 0 Å². The molecule has 2 heteroatoms. The van der Waals surface area contributed by atoms with Gasteiger partial charge < -0.3 is 4.90 Å². The van der Waals surface area contributed by atoms with Gasteiger partial charge in [-0.15, -0.1) is 0 Å². The second-order valence-corrected chi connectivity index (χ2v) is 8.23. The lowest BCUT2D eigenvalue weighted by Gasteiger charge is -2.58. The minimum Gasteiger partial charge on any atom is -0.370 e. The second kappa shape index (κ2) is 4.29. The number of piperidine rings is 1. The molecule has 0 radical (unpaired) electrons. The maximum absolute atomic E-state index is 2.88. The SMILES string of the molecule is CC[C@]12CCCN3CC[C@@]4(c5ccccc5N(C)[C@H]4CC1)[C@@H]32. The van der Waals surface area contributed by atoms with E-state index in [4.69, 9.17) is 0 Å². The summed E-state index contributed by atoms with van der Waals surface area (Å²) in [6, 6.07) is 10.8. The van der Waals surface area contributed by atoms with Gasteiger partial charge in [-0.25, -0.2) is 0 Å². The van der Waals surface area contributed by atoms with E-state index >= 15 is 0 Å². The van der Waals surface area contributed by atoms with Crippen LogP contribution in [0.1, 0.15) is 51.0 Å². The first-order valence-corrected chi connectivity index (χ1v) is 9.29. The van der Waals surface area contributed by atoms with Gasteiger partial charge in [0.1, 0.15) is 0 Å². The van der Waals surface area contributed by atoms with E-state index in [0.717, 1.165) is 12.1 Å². The van der Waals surface area contributed by atoms with Crippen molar-refractivity contribution in [3.63, 3.8) is 0 Å². The monoisotopic (exact) mass is 296 g/mol. The standard InChI is InChI=1S/C20H28N2/c1-3-19-10-6-13-22-14-12-20(18(19)22)15-7-4-5-8-16(15)21(2)17(20)9-11-19/h4-5,7-8,17-18H,3,6,9-14H2,1-2H3/t17-,18-,19-,20-/m0/s1. The molecular weight excluding hydrogens is 268 g/mol. The van der Waals surface area contributed by atoms with Crippen LogP contribution in [0.3, 0.4) is 0 Å². The number of likely N-dealkylation sites (N-methyl/N-ethyl adjacent to an activating group) is 1. The summed E-state index contributed by atoms with van der Waals surface area (Å²) in [6.07, 6.45) is 8.46. The number of nitrogens with zero attached hydrogens (tertiary/aromatic N) is 2. The van der Waals surface area contributed by atoms with Crippen LogP contribution < -0.4 is 4.90 Å². The highest BCUT2D eigenvalue weighted by Gasteiger charge is 2.67. The van der Waals surface area contributed by atoms with E-state index in [0.29, 0.717) is 10.8 Å². The molecule has 118 valence electrons. The molecule has 0 amide bonds. The summed E-state index contributed by atoms with van der Waals surface area (Å²) >= 11 is 0. The highest BCUT2D eigenvalue weighted by Crippen LogP contribution is 2.64. The number of hydrogen-bond acceptors (Lipinski definition) is 2. The van der Waals surface area contributed by atoms with E-state index in [-0.39, 0.29) is 0 Å². The van der Waals surface area contributed by atoms with Crippen molar-refractivity contribution in [2.75, 3.05) is 25.0 Å². The van der Waals surface area contributed by atoms with Gasteiger partial charge in [0, 0.05) is 30.2 Å². The molecule has 4 atom stereocenters. The molecule has 0 unspecified atom stereocenters. The number of fused-ring (bicyclic) bond motifs is 1. The summed E-state index contributed by atoms with van der Waals surface area (Å²) in [5.41, 5.74) is 4.20. The molecule has 3 aliphatic heterocycles. The fourth-order valence-corrected chi connectivity index (χ4v) is 7.05. The summed E-state index contributed by atoms with van der Waals surface area (Å²) in [6.45, 7) is 5.12. The highest BCUT2D eigenvalue weighted by atomic mass is 15.3. The van der Waals surface area contributed by atoms with Crippen molar-refractivity contribution in [3.8, 4) is 0 Å². The molecule has 1 aliphatic carbocycles. The largest absolute Gasteiger partial charge is 0.370 e. The van der Waals surface area contributed by atoms with Crippen LogP contribution in [0, 0.1) is 5.41 Å². The Labute approximate surface area is 134 Å². The van der Waals surface area contributed by atoms with Gasteiger partial charge in [-0.2, -0.15) is 0 Å². The summed E-state index contributed by atoms with van der Waals surface area (Å²) in [5.74, 6) is 0. The molecule has 1 aromatic rings. The third-order valence-electron chi connectivity index (χ3n) is 7.83. The topological polar surface area (TPSA) is 6.48 Å². The third-order valence-corrected chi connectivity index (χ3v) is 7.83. The normalized spacial score (nSPS) is 42.9. The van der Waals surface area contributed by atoms with Gasteiger partial charge in [-0.05, 0) is 68.7 Å². The lowest BCUT2D eigenvalue weighted by molar-refractivity contribution is -0.0336. The smallest absolute Gasteiger partial charge is 0.0406 e. The first-order chi connectivity index (χ1) is 10.7. The molecule has 2 saturated heterocycles. The molecule has 1 spiro atoms. The van der Waals surface area contributed by atoms with Crippen molar-refractivity contribution < 1.29 is 0 Å². The number of rotatable bonds is 1. The zero-order chi connectivity index (χ0) is 14.9. The Kier molecular flexibility index (Phi) is 2.61. The average molecular weight is 296 g/mol. The molecular formula is C20H28N2. The Morgan fingerprint density at radius 3 is 2.86 bits per heavy atom. The molecule has 0 aromatic heterocycles. The molecule has 0 N–H and O–H groups in total. The maximum atomic E-state index is 2.88. The minimum atomic E-state index is 0.417. The van der Waals surface area contributed by atoms with Crippen LogP contribution in [-0.4, -0.2) is 37.1 Å². The first-order valence-electron chi connectivity index (χ1n) is 9.29. The maximum Gasteiger partial charge on any atom is 0.0406 e. The predicted octanol–water partition coefficient (Wildman–Crippen LogP) is 3.80. The zero-order valence-electron chi connectivity index (χ0n) is 14.0. The van der Waals surface area contributed by atoms with Crippen molar-refractivity contribution in [1.82, 2.24) is 4.90 Å². The number of hydrogen-bond donors (Lipinski definition) is 0. The zero-order valence-corrected chi connectivity index (χ0v) is 14.0. The van der Waals surface area contributed by atoms with Crippen LogP contribution in [0.15, 0.2) is 24.3 Å². The first kappa shape index (κ1) is 13.4. The van der Waals surface area contributed by atoms with Crippen LogP contribution in [0.5, 0.6) is 0 Å². The molecule has 2 nitrogen and oxygen atoms in total. The lowest BCUT2D eigenvalue weighted by atomic mass is 9.52. The molecule has 22 heavy (non-hydrogen) atoms. The fraction of sp³-hybridized carbons (Fsp3) is 0.700. The third kappa shape index (κ3) is 1.33. The molecule has 1 saturated carbocycles. The molecule has 5 rings (SSSR count). The van der Waals surface area contributed by atoms with Gasteiger partial charge in [-0.1, -0.05) is 25.1 Å². The summed E-state index contributed by atoms with van der Waals surface area (Å²) < 4.78 is 0. The summed E-state index contributed by atoms with van der Waals surface area (Å²) in [5, 5.41) is 0. The van der Waals surface area contributed by atoms with E-state index in [1.165, 1.54) is 57.3 Å². The van der Waals surface area contributed by atoms with Crippen LogP contribution in [0.25, 0.3) is 0 Å². The van der Waals surface area contributed by atoms with E-state index in [1.807, 2.05) is 0 Å².